The quantitative estimate of drug-likeness (QED) is 0.552. The standard InChI is InChI=1S/C20H22F3N3OS/c1-13(18(27)24-15-10-6-3-7-11-15)28-19-25-16(14-8-4-2-5-9-14)12-17(26-19)20(21,22)23/h2,4-5,8-9,12-13,15H,3,6-7,10-11H2,1H3,(H,24,27). The van der Waals surface area contributed by atoms with Crippen LogP contribution in [0.25, 0.3) is 11.3 Å². The van der Waals surface area contributed by atoms with E-state index in [2.05, 4.69) is 15.3 Å². The number of carbonyl (C=O) groups excluding carboxylic acids is 1. The maximum atomic E-state index is 13.3. The van der Waals surface area contributed by atoms with Crippen LogP contribution in [0.2, 0.25) is 0 Å². The topological polar surface area (TPSA) is 54.9 Å². The number of nitrogens with zero attached hydrogens (tertiary/aromatic N) is 2. The third-order valence-electron chi connectivity index (χ3n) is 4.67. The Hall–Kier alpha value is -2.09. The Morgan fingerprint density at radius 3 is 2.46 bits per heavy atom. The van der Waals surface area contributed by atoms with Crippen molar-refractivity contribution in [2.75, 3.05) is 0 Å². The van der Waals surface area contributed by atoms with Gasteiger partial charge in [-0.15, -0.1) is 0 Å². The minimum absolute atomic E-state index is 0.0556. The fourth-order valence-electron chi connectivity index (χ4n) is 3.16. The van der Waals surface area contributed by atoms with Crippen LogP contribution >= 0.6 is 11.8 Å². The van der Waals surface area contributed by atoms with Crippen LogP contribution in [0.4, 0.5) is 13.2 Å². The number of aromatic nitrogens is 2. The van der Waals surface area contributed by atoms with Crippen molar-refractivity contribution in [1.82, 2.24) is 15.3 Å². The summed E-state index contributed by atoms with van der Waals surface area (Å²) in [4.78, 5) is 20.3. The smallest absolute Gasteiger partial charge is 0.352 e. The van der Waals surface area contributed by atoms with Crippen molar-refractivity contribution in [3.05, 3.63) is 42.1 Å². The Bertz CT molecular complexity index is 808. The second-order valence-electron chi connectivity index (χ2n) is 6.89. The maximum absolute atomic E-state index is 13.3. The average Bonchev–Trinajstić information content (AvgIpc) is 2.68. The molecule has 1 atom stereocenters. The van der Waals surface area contributed by atoms with Crippen LogP contribution in [0.3, 0.4) is 0 Å². The predicted molar refractivity (Wildman–Crippen MR) is 103 cm³/mol. The molecule has 0 saturated heterocycles. The zero-order valence-electron chi connectivity index (χ0n) is 15.5. The molecule has 1 unspecified atom stereocenters. The maximum Gasteiger partial charge on any atom is 0.433 e. The van der Waals surface area contributed by atoms with Crippen LogP contribution < -0.4 is 5.32 Å². The molecule has 1 aromatic heterocycles. The zero-order valence-corrected chi connectivity index (χ0v) is 16.3. The van der Waals surface area contributed by atoms with E-state index in [1.54, 1.807) is 37.3 Å². The Labute approximate surface area is 166 Å². The summed E-state index contributed by atoms with van der Waals surface area (Å²) in [6, 6.07) is 9.71. The molecule has 1 N–H and O–H groups in total. The molecule has 150 valence electrons. The van der Waals surface area contributed by atoms with Crippen LogP contribution in [0, 0.1) is 0 Å². The van der Waals surface area contributed by atoms with Crippen molar-refractivity contribution in [3.63, 3.8) is 0 Å². The molecule has 1 saturated carbocycles. The van der Waals surface area contributed by atoms with E-state index in [0.717, 1.165) is 43.5 Å². The van der Waals surface area contributed by atoms with E-state index in [-0.39, 0.29) is 22.8 Å². The summed E-state index contributed by atoms with van der Waals surface area (Å²) < 4.78 is 39.9. The molecule has 1 heterocycles. The lowest BCUT2D eigenvalue weighted by Crippen LogP contribution is -2.40. The molecule has 1 aliphatic carbocycles. The summed E-state index contributed by atoms with van der Waals surface area (Å²) in [5, 5.41) is 2.35. The van der Waals surface area contributed by atoms with E-state index in [1.807, 2.05) is 0 Å². The van der Waals surface area contributed by atoms with Crippen LogP contribution in [-0.4, -0.2) is 27.2 Å². The second kappa shape index (κ2) is 8.94. The van der Waals surface area contributed by atoms with Gasteiger partial charge in [-0.05, 0) is 25.8 Å². The number of hydrogen-bond acceptors (Lipinski definition) is 4. The van der Waals surface area contributed by atoms with E-state index in [0.29, 0.717) is 5.56 Å². The molecular formula is C20H22F3N3OS. The minimum atomic E-state index is -4.59. The monoisotopic (exact) mass is 409 g/mol. The highest BCUT2D eigenvalue weighted by Crippen LogP contribution is 2.33. The third-order valence-corrected chi connectivity index (χ3v) is 5.63. The summed E-state index contributed by atoms with van der Waals surface area (Å²) in [6.45, 7) is 1.66. The summed E-state index contributed by atoms with van der Waals surface area (Å²) in [7, 11) is 0. The van der Waals surface area contributed by atoms with E-state index >= 15 is 0 Å². The van der Waals surface area contributed by atoms with Crippen molar-refractivity contribution in [1.29, 1.82) is 0 Å². The molecule has 1 fully saturated rings. The first-order chi connectivity index (χ1) is 13.3. The largest absolute Gasteiger partial charge is 0.433 e. The Morgan fingerprint density at radius 1 is 1.14 bits per heavy atom. The molecule has 1 aliphatic rings. The van der Waals surface area contributed by atoms with E-state index in [4.69, 9.17) is 0 Å². The van der Waals surface area contributed by atoms with Gasteiger partial charge >= 0.3 is 6.18 Å². The summed E-state index contributed by atoms with van der Waals surface area (Å²) in [6.07, 6.45) is 0.655. The van der Waals surface area contributed by atoms with Crippen LogP contribution in [0.5, 0.6) is 0 Å². The molecule has 1 amide bonds. The van der Waals surface area contributed by atoms with Gasteiger partial charge in [-0.2, -0.15) is 13.2 Å². The van der Waals surface area contributed by atoms with Crippen molar-refractivity contribution in [2.24, 2.45) is 0 Å². The lowest BCUT2D eigenvalue weighted by atomic mass is 9.95. The molecule has 0 radical (unpaired) electrons. The van der Waals surface area contributed by atoms with Gasteiger partial charge < -0.3 is 5.32 Å². The first-order valence-corrected chi connectivity index (χ1v) is 10.2. The number of halogens is 3. The van der Waals surface area contributed by atoms with E-state index in [9.17, 15) is 18.0 Å². The van der Waals surface area contributed by atoms with Gasteiger partial charge in [0.05, 0.1) is 10.9 Å². The third kappa shape index (κ3) is 5.47. The number of thioether (sulfide) groups is 1. The van der Waals surface area contributed by atoms with Gasteiger partial charge in [-0.3, -0.25) is 4.79 Å². The SMILES string of the molecule is CC(Sc1nc(-c2ccccc2)cc(C(F)(F)F)n1)C(=O)NC1CCCCC1. The number of benzene rings is 1. The first-order valence-electron chi connectivity index (χ1n) is 9.31. The molecule has 4 nitrogen and oxygen atoms in total. The average molecular weight is 409 g/mol. The van der Waals surface area contributed by atoms with Gasteiger partial charge in [0, 0.05) is 11.6 Å². The molecule has 28 heavy (non-hydrogen) atoms. The molecule has 8 heteroatoms. The van der Waals surface area contributed by atoms with Crippen LogP contribution in [0.1, 0.15) is 44.7 Å². The molecule has 2 aromatic rings. The van der Waals surface area contributed by atoms with E-state index < -0.39 is 17.1 Å². The lowest BCUT2D eigenvalue weighted by Gasteiger charge is -2.24. The normalized spacial score (nSPS) is 16.6. The van der Waals surface area contributed by atoms with Gasteiger partial charge in [-0.1, -0.05) is 61.4 Å². The van der Waals surface area contributed by atoms with E-state index in [1.165, 1.54) is 6.42 Å². The van der Waals surface area contributed by atoms with Gasteiger partial charge in [0.2, 0.25) is 5.91 Å². The Kier molecular flexibility index (Phi) is 6.59. The van der Waals surface area contributed by atoms with Gasteiger partial charge in [0.1, 0.15) is 5.69 Å². The fraction of sp³-hybridized carbons (Fsp3) is 0.450. The first kappa shape index (κ1) is 20.6. The number of amides is 1. The molecule has 3 rings (SSSR count). The Balaban J connectivity index is 1.79. The van der Waals surface area contributed by atoms with Crippen molar-refractivity contribution < 1.29 is 18.0 Å². The fourth-order valence-corrected chi connectivity index (χ4v) is 3.95. The molecule has 0 bridgehead atoms. The second-order valence-corrected chi connectivity index (χ2v) is 8.20. The number of alkyl halides is 3. The number of nitrogens with one attached hydrogen (secondary N) is 1. The van der Waals surface area contributed by atoms with Crippen molar-refractivity contribution in [2.45, 2.75) is 61.7 Å². The highest BCUT2D eigenvalue weighted by molar-refractivity contribution is 8.00. The molecule has 0 spiro atoms. The molecule has 1 aromatic carbocycles. The summed E-state index contributed by atoms with van der Waals surface area (Å²) in [5.74, 6) is -0.195. The number of rotatable bonds is 5. The minimum Gasteiger partial charge on any atom is -0.352 e. The number of hydrogen-bond donors (Lipinski definition) is 1. The highest BCUT2D eigenvalue weighted by Gasteiger charge is 2.34. The van der Waals surface area contributed by atoms with Gasteiger partial charge in [0.15, 0.2) is 5.16 Å². The summed E-state index contributed by atoms with van der Waals surface area (Å²) >= 11 is 0.945. The number of carbonyl (C=O) groups is 1. The van der Waals surface area contributed by atoms with Gasteiger partial charge in [0.25, 0.3) is 0 Å². The summed E-state index contributed by atoms with van der Waals surface area (Å²) in [5.41, 5.74) is -0.259. The van der Waals surface area contributed by atoms with Crippen LogP contribution in [-0.2, 0) is 11.0 Å². The van der Waals surface area contributed by atoms with Crippen LogP contribution in [0.15, 0.2) is 41.6 Å². The lowest BCUT2D eigenvalue weighted by molar-refractivity contribution is -0.141. The highest BCUT2D eigenvalue weighted by atomic mass is 32.2. The van der Waals surface area contributed by atoms with Crippen molar-refractivity contribution in [3.8, 4) is 11.3 Å². The van der Waals surface area contributed by atoms with Gasteiger partial charge in [-0.25, -0.2) is 9.97 Å². The predicted octanol–water partition coefficient (Wildman–Crippen LogP) is 5.09. The Morgan fingerprint density at radius 2 is 1.82 bits per heavy atom. The molecule has 0 aliphatic heterocycles. The molecular weight excluding hydrogens is 387 g/mol. The van der Waals surface area contributed by atoms with Crippen molar-refractivity contribution >= 4 is 17.7 Å². The zero-order chi connectivity index (χ0) is 20.1.